The van der Waals surface area contributed by atoms with Crippen LogP contribution in [0.2, 0.25) is 0 Å². The van der Waals surface area contributed by atoms with Gasteiger partial charge in [0.1, 0.15) is 5.58 Å². The zero-order chi connectivity index (χ0) is 62.2. The van der Waals surface area contributed by atoms with E-state index < -0.39 is 5.41 Å². The molecule has 0 saturated carbocycles. The summed E-state index contributed by atoms with van der Waals surface area (Å²) in [6.07, 6.45) is 0. The second kappa shape index (κ2) is 20.9. The number of fused-ring (bicyclic) bond motifs is 19. The summed E-state index contributed by atoms with van der Waals surface area (Å²) in [7, 11) is 0. The van der Waals surface area contributed by atoms with Crippen LogP contribution in [0.15, 0.2) is 320 Å². The maximum absolute atomic E-state index is 6.77. The fourth-order valence-electron chi connectivity index (χ4n) is 15.6. The summed E-state index contributed by atoms with van der Waals surface area (Å²) < 4.78 is 9.18. The molecule has 1 aliphatic carbocycles. The Kier molecular flexibility index (Phi) is 11.9. The van der Waals surface area contributed by atoms with Crippen molar-refractivity contribution in [3.05, 3.63) is 327 Å². The van der Waals surface area contributed by atoms with Gasteiger partial charge in [-0.3, -0.25) is 4.57 Å². The first-order chi connectivity index (χ1) is 46.4. The molecule has 94 heavy (non-hydrogen) atoms. The molecule has 0 unspecified atom stereocenters. The van der Waals surface area contributed by atoms with Gasteiger partial charge >= 0.3 is 0 Å². The highest BCUT2D eigenvalue weighted by molar-refractivity contribution is 6.30. The van der Waals surface area contributed by atoms with Gasteiger partial charge in [0, 0.05) is 49.5 Å². The van der Waals surface area contributed by atoms with Gasteiger partial charge < -0.3 is 9.32 Å². The Labute approximate surface area is 543 Å². The van der Waals surface area contributed by atoms with Crippen molar-refractivity contribution in [1.82, 2.24) is 14.5 Å². The highest BCUT2D eigenvalue weighted by Crippen LogP contribution is 2.58. The molecule has 0 amide bonds. The van der Waals surface area contributed by atoms with Crippen molar-refractivity contribution in [2.75, 3.05) is 4.90 Å². The van der Waals surface area contributed by atoms with Crippen LogP contribution in [-0.2, 0) is 5.41 Å². The smallest absolute Gasteiger partial charge is 0.235 e. The standard InChI is InChI=1S/C89H58N4O/c1-89(2)77-53-74-68-33-15-13-31-66(68)65-30-12-14-32-67(65)73(74)52-75(77)83-70-35-16-17-36-71(70)84-76-51-61(44-49-80(76)93(86(84)85(83)89)88-90-78(59-26-10-5-11-27-59)54-79(91-88)62-29-20-28-60(50-62)56-24-8-4-9-25-56)58-42-47-64(48-43-58)92(63-45-40-57(41-46-63)55-22-6-3-7-23-55)81-38-21-37-72-69-34-18-19-39-82(69)94-87(72)81/h3-54H,1-2H3. The van der Waals surface area contributed by atoms with Crippen LogP contribution in [0.25, 0.3) is 160 Å². The minimum atomic E-state index is -0.483. The third-order valence-electron chi connectivity index (χ3n) is 19.9. The molecule has 0 saturated heterocycles. The third kappa shape index (κ3) is 8.27. The molecule has 19 rings (SSSR count). The normalized spacial score (nSPS) is 12.7. The fourth-order valence-corrected chi connectivity index (χ4v) is 15.6. The predicted molar refractivity (Wildman–Crippen MR) is 393 cm³/mol. The van der Waals surface area contributed by atoms with E-state index in [2.05, 4.69) is 333 Å². The van der Waals surface area contributed by atoms with Crippen LogP contribution in [-0.4, -0.2) is 14.5 Å². The Morgan fingerprint density at radius 3 is 1.47 bits per heavy atom. The molecule has 18 aromatic rings. The highest BCUT2D eigenvalue weighted by Gasteiger charge is 2.41. The van der Waals surface area contributed by atoms with Crippen molar-refractivity contribution < 1.29 is 4.42 Å². The molecule has 0 fully saturated rings. The number of anilines is 3. The zero-order valence-electron chi connectivity index (χ0n) is 51.7. The summed E-state index contributed by atoms with van der Waals surface area (Å²) in [5.41, 5.74) is 22.0. The summed E-state index contributed by atoms with van der Waals surface area (Å²) in [6.45, 7) is 4.88. The maximum Gasteiger partial charge on any atom is 0.235 e. The molecular weight excluding hydrogens is 1140 g/mol. The summed E-state index contributed by atoms with van der Waals surface area (Å²) in [4.78, 5) is 13.8. The van der Waals surface area contributed by atoms with E-state index in [0.717, 1.165) is 106 Å². The minimum Gasteiger partial charge on any atom is -0.454 e. The van der Waals surface area contributed by atoms with Crippen LogP contribution in [0.4, 0.5) is 17.1 Å². The predicted octanol–water partition coefficient (Wildman–Crippen LogP) is 24.2. The second-order valence-electron chi connectivity index (χ2n) is 25.5. The molecule has 440 valence electrons. The number of furan rings is 1. The molecular formula is C89H58N4O. The Morgan fingerprint density at radius 2 is 0.809 bits per heavy atom. The van der Waals surface area contributed by atoms with Crippen molar-refractivity contribution in [3.8, 4) is 73.0 Å². The molecule has 0 radical (unpaired) electrons. The quantitative estimate of drug-likeness (QED) is 0.135. The Morgan fingerprint density at radius 1 is 0.340 bits per heavy atom. The van der Waals surface area contributed by atoms with Crippen LogP contribution < -0.4 is 4.90 Å². The lowest BCUT2D eigenvalue weighted by molar-refractivity contribution is 0.664. The topological polar surface area (TPSA) is 47.1 Å². The van der Waals surface area contributed by atoms with Crippen LogP contribution in [0.5, 0.6) is 0 Å². The number of hydrogen-bond donors (Lipinski definition) is 0. The molecule has 1 aliphatic rings. The SMILES string of the molecule is CC1(C)c2cc3c4ccccc4c4ccccc4c3cc2-c2c1c1c(c3ccccc23)c2cc(-c3ccc(N(c4ccc(-c5ccccc5)cc4)c4cccc5c4oc4ccccc45)cc3)ccc2n1-c1nc(-c2ccccc2)cc(-c2cccc(-c3ccccc3)c2)n1. The minimum absolute atomic E-state index is 0.483. The Balaban J connectivity index is 0.853. The number of hydrogen-bond acceptors (Lipinski definition) is 4. The van der Waals surface area contributed by atoms with Gasteiger partial charge in [0.25, 0.3) is 0 Å². The zero-order valence-corrected chi connectivity index (χ0v) is 51.7. The van der Waals surface area contributed by atoms with Crippen molar-refractivity contribution in [2.24, 2.45) is 0 Å². The van der Waals surface area contributed by atoms with Gasteiger partial charge in [0.05, 0.1) is 28.1 Å². The van der Waals surface area contributed by atoms with E-state index in [1.165, 1.54) is 76.3 Å². The largest absolute Gasteiger partial charge is 0.454 e. The van der Waals surface area contributed by atoms with Crippen molar-refractivity contribution in [1.29, 1.82) is 0 Å². The van der Waals surface area contributed by atoms with Gasteiger partial charge in [-0.05, 0) is 172 Å². The van der Waals surface area contributed by atoms with Crippen molar-refractivity contribution >= 4 is 104 Å². The monoisotopic (exact) mass is 1200 g/mol. The lowest BCUT2D eigenvalue weighted by Gasteiger charge is -2.26. The number of rotatable bonds is 9. The Bertz CT molecular complexity index is 6110. The third-order valence-corrected chi connectivity index (χ3v) is 19.9. The van der Waals surface area contributed by atoms with Gasteiger partial charge in [-0.2, -0.15) is 0 Å². The maximum atomic E-state index is 6.77. The highest BCUT2D eigenvalue weighted by atomic mass is 16.3. The number of para-hydroxylation sites is 2. The average Bonchev–Trinajstić information content (AvgIpc) is 1.51. The van der Waals surface area contributed by atoms with Crippen LogP contribution in [0, 0.1) is 0 Å². The van der Waals surface area contributed by atoms with E-state index in [1.54, 1.807) is 0 Å². The van der Waals surface area contributed by atoms with Crippen LogP contribution in [0.1, 0.15) is 25.0 Å². The molecule has 3 heterocycles. The first kappa shape index (κ1) is 53.6. The molecule has 15 aromatic carbocycles. The second-order valence-corrected chi connectivity index (χ2v) is 25.5. The summed E-state index contributed by atoms with van der Waals surface area (Å²) >= 11 is 0. The molecule has 5 nitrogen and oxygen atoms in total. The van der Waals surface area contributed by atoms with E-state index in [-0.39, 0.29) is 0 Å². The number of nitrogens with zero attached hydrogens (tertiary/aromatic N) is 4. The molecule has 0 N–H and O–H groups in total. The van der Waals surface area contributed by atoms with E-state index in [0.29, 0.717) is 5.95 Å². The van der Waals surface area contributed by atoms with Crippen molar-refractivity contribution in [2.45, 2.75) is 19.3 Å². The lowest BCUT2D eigenvalue weighted by Crippen LogP contribution is -2.17. The summed E-state index contributed by atoms with van der Waals surface area (Å²) in [5, 5.41) is 14.5. The first-order valence-corrected chi connectivity index (χ1v) is 32.4. The summed E-state index contributed by atoms with van der Waals surface area (Å²) in [5.74, 6) is 0.612. The van der Waals surface area contributed by atoms with E-state index in [4.69, 9.17) is 14.4 Å². The van der Waals surface area contributed by atoms with Gasteiger partial charge in [0.2, 0.25) is 5.95 Å². The molecule has 0 bridgehead atoms. The summed E-state index contributed by atoms with van der Waals surface area (Å²) in [6, 6.07) is 114. The van der Waals surface area contributed by atoms with Crippen LogP contribution in [0.3, 0.4) is 0 Å². The number of benzene rings is 15. The van der Waals surface area contributed by atoms with Crippen molar-refractivity contribution in [3.63, 3.8) is 0 Å². The molecule has 0 spiro atoms. The van der Waals surface area contributed by atoms with Gasteiger partial charge in [-0.15, -0.1) is 0 Å². The van der Waals surface area contributed by atoms with E-state index >= 15 is 0 Å². The van der Waals surface area contributed by atoms with E-state index in [9.17, 15) is 0 Å². The molecule has 0 atom stereocenters. The fraction of sp³-hybridized carbons (Fsp3) is 0.0337. The molecule has 3 aromatic heterocycles. The lowest BCUT2D eigenvalue weighted by atomic mass is 9.79. The molecule has 0 aliphatic heterocycles. The first-order valence-electron chi connectivity index (χ1n) is 32.4. The number of aromatic nitrogens is 3. The Hall–Kier alpha value is -12.2. The molecule has 5 heteroatoms. The van der Waals surface area contributed by atoms with E-state index in [1.807, 2.05) is 6.07 Å². The average molecular weight is 1200 g/mol. The van der Waals surface area contributed by atoms with Gasteiger partial charge in [-0.25, -0.2) is 9.97 Å². The van der Waals surface area contributed by atoms with Gasteiger partial charge in [-0.1, -0.05) is 257 Å². The van der Waals surface area contributed by atoms with Crippen LogP contribution >= 0.6 is 0 Å². The van der Waals surface area contributed by atoms with Gasteiger partial charge in [0.15, 0.2) is 5.58 Å².